The number of oxime groups is 1. The Morgan fingerprint density at radius 2 is 1.71 bits per heavy atom. The third kappa shape index (κ3) is 15.8. The van der Waals surface area contributed by atoms with E-state index in [1.807, 2.05) is 66.6 Å². The topological polar surface area (TPSA) is 230 Å². The van der Waals surface area contributed by atoms with Gasteiger partial charge in [0.05, 0.1) is 36.8 Å². The molecule has 5 rings (SSSR count). The summed E-state index contributed by atoms with van der Waals surface area (Å²) in [4.78, 5) is 64.1. The van der Waals surface area contributed by atoms with Crippen molar-refractivity contribution >= 4 is 54.0 Å². The van der Waals surface area contributed by atoms with Gasteiger partial charge < -0.3 is 34.2 Å². The van der Waals surface area contributed by atoms with Gasteiger partial charge in [0.15, 0.2) is 18.7 Å². The number of aliphatic hydroxyl groups is 2. The van der Waals surface area contributed by atoms with Gasteiger partial charge in [-0.25, -0.2) is 23.7 Å². The van der Waals surface area contributed by atoms with Crippen molar-refractivity contribution in [3.05, 3.63) is 29.4 Å². The fourth-order valence-electron chi connectivity index (χ4n) is 10.9. The zero-order chi connectivity index (χ0) is 55.5. The fourth-order valence-corrected chi connectivity index (χ4v) is 13.1. The lowest BCUT2D eigenvalue weighted by atomic mass is 9.65. The minimum absolute atomic E-state index is 0.00797. The van der Waals surface area contributed by atoms with Crippen LogP contribution in [0.15, 0.2) is 33.9 Å². The summed E-state index contributed by atoms with van der Waals surface area (Å²) in [6, 6.07) is 3.28. The van der Waals surface area contributed by atoms with Crippen molar-refractivity contribution in [2.24, 2.45) is 39.2 Å². The highest BCUT2D eigenvalue weighted by molar-refractivity contribution is 7.55. The molecule has 1 saturated carbocycles. The molecular weight excluding hydrogens is 1010 g/mol. The van der Waals surface area contributed by atoms with Crippen LogP contribution in [-0.4, -0.2) is 129 Å². The second-order valence-electron chi connectivity index (χ2n) is 21.8. The Bertz CT molecular complexity index is 2300. The summed E-state index contributed by atoms with van der Waals surface area (Å²) < 4.78 is 61.2. The molecule has 0 spiro atoms. The number of ether oxygens (including phenoxy) is 3. The van der Waals surface area contributed by atoms with Gasteiger partial charge >= 0.3 is 13.7 Å². The number of nitrogens with zero attached hydrogens (tertiary/aromatic N) is 5. The molecule has 4 heterocycles. The van der Waals surface area contributed by atoms with E-state index < -0.39 is 84.5 Å². The largest absolute Gasteiger partial charge is 0.457 e. The Morgan fingerprint density at radius 1 is 1.03 bits per heavy atom. The van der Waals surface area contributed by atoms with Crippen LogP contribution in [-0.2, 0) is 53.7 Å². The molecule has 75 heavy (non-hydrogen) atoms. The first-order valence-corrected chi connectivity index (χ1v) is 29.5. The lowest BCUT2D eigenvalue weighted by molar-refractivity contribution is -0.287. The number of amides is 1. The number of aliphatic hydroxyl groups excluding tert-OH is 1. The van der Waals surface area contributed by atoms with E-state index in [1.54, 1.807) is 38.4 Å². The molecule has 1 aliphatic carbocycles. The quantitative estimate of drug-likeness (QED) is 0.0390. The van der Waals surface area contributed by atoms with E-state index >= 15 is 4.39 Å². The number of halogens is 1. The molecule has 0 unspecified atom stereocenters. The van der Waals surface area contributed by atoms with E-state index in [0.717, 1.165) is 38.2 Å². The molecule has 1 amide bonds. The molecule has 3 N–H and O–H groups in total. The van der Waals surface area contributed by atoms with Crippen LogP contribution in [0.4, 0.5) is 10.2 Å². The molecule has 0 aromatic carbocycles. The summed E-state index contributed by atoms with van der Waals surface area (Å²) in [5.74, 6) is -5.59. The number of alkyl halides is 1. The van der Waals surface area contributed by atoms with Crippen molar-refractivity contribution in [1.29, 1.82) is 0 Å². The van der Waals surface area contributed by atoms with E-state index in [1.165, 1.54) is 18.3 Å². The molecule has 2 saturated heterocycles. The minimum atomic E-state index is -3.65. The summed E-state index contributed by atoms with van der Waals surface area (Å²) in [6.07, 6.45) is 1.80. The van der Waals surface area contributed by atoms with Gasteiger partial charge in [-0.05, 0) is 122 Å². The maximum Gasteiger partial charge on any atom is 0.433 e. The van der Waals surface area contributed by atoms with Crippen molar-refractivity contribution in [2.45, 2.75) is 208 Å². The maximum absolute atomic E-state index is 17.1. The van der Waals surface area contributed by atoms with Crippen molar-refractivity contribution in [3.63, 3.8) is 0 Å². The number of hydrogen-bond donors (Lipinski definition) is 3. The Balaban J connectivity index is 1.54. The number of unbranched alkanes of at least 4 members (excludes halogenated alkanes) is 2. The first kappa shape index (κ1) is 62.3. The summed E-state index contributed by atoms with van der Waals surface area (Å²) in [5.41, 5.74) is -3.61. The number of carbonyl (C=O) groups is 3. The van der Waals surface area contributed by atoms with Crippen LogP contribution in [0.25, 0.3) is 10.6 Å². The molecule has 422 valence electrons. The van der Waals surface area contributed by atoms with Crippen LogP contribution in [0.1, 0.15) is 159 Å². The number of Topliss-reactive ketones (excluding diaryl/α,β-unsaturated/α-hetero) is 1. The highest BCUT2D eigenvalue weighted by Crippen LogP contribution is 2.50. The smallest absolute Gasteiger partial charge is 0.433 e. The highest BCUT2D eigenvalue weighted by atomic mass is 32.1. The van der Waals surface area contributed by atoms with E-state index in [-0.39, 0.29) is 76.4 Å². The molecule has 3 fully saturated rings. The average molecular weight is 1090 g/mol. The SMILES string of the molecule is CCCCOP(=O)(Nc1csc(-c2ccc(CO/N=C3\CC[C@@H]4[C@@H](C)C(=NC(=O)CC)[C@H](C)C[C@@](C)(CC3)[C@H](O[C@@H]3O[C@H](C)C[C@H](N(C)C)[C@H]3O)[C@@H](C)C(=O)[C@](C)(F)C(=O)O[C@H](CC)[C@@]4(C)O)nc2)n1)OCCCC. The third-order valence-corrected chi connectivity index (χ3v) is 17.8. The van der Waals surface area contributed by atoms with Crippen molar-refractivity contribution < 1.29 is 61.6 Å². The average Bonchev–Trinajstić information content (AvgIpc) is 3.82. The number of hydrogen-bond acceptors (Lipinski definition) is 17. The molecule has 3 aliphatic rings. The number of aliphatic imine (C=N–C) groups is 1. The highest BCUT2D eigenvalue weighted by Gasteiger charge is 2.56. The first-order chi connectivity index (χ1) is 35.3. The first-order valence-electron chi connectivity index (χ1n) is 27.0. The summed E-state index contributed by atoms with van der Waals surface area (Å²) in [5, 5.41) is 34.5. The van der Waals surface area contributed by atoms with Gasteiger partial charge in [-0.2, -0.15) is 0 Å². The second-order valence-corrected chi connectivity index (χ2v) is 24.4. The van der Waals surface area contributed by atoms with Crippen molar-refractivity contribution in [3.8, 4) is 10.6 Å². The molecule has 2 aliphatic heterocycles. The van der Waals surface area contributed by atoms with Crippen molar-refractivity contribution in [1.82, 2.24) is 14.9 Å². The Hall–Kier alpha value is -3.59. The number of fused-ring (bicyclic) bond motifs is 5. The van der Waals surface area contributed by atoms with Gasteiger partial charge in [-0.15, -0.1) is 11.3 Å². The Kier molecular flexibility index (Phi) is 22.7. The number of carbonyl (C=O) groups excluding carboxylic acids is 3. The molecule has 13 atom stereocenters. The summed E-state index contributed by atoms with van der Waals surface area (Å²) in [6.45, 7) is 19.7. The predicted octanol–water partition coefficient (Wildman–Crippen LogP) is 10.3. The van der Waals surface area contributed by atoms with E-state index in [0.29, 0.717) is 40.8 Å². The van der Waals surface area contributed by atoms with Crippen LogP contribution in [0.5, 0.6) is 0 Å². The lowest BCUT2D eigenvalue weighted by Crippen LogP contribution is -2.59. The van der Waals surface area contributed by atoms with E-state index in [9.17, 15) is 29.2 Å². The molecule has 18 nitrogen and oxygen atoms in total. The van der Waals surface area contributed by atoms with Crippen LogP contribution >= 0.6 is 19.1 Å². The molecule has 0 radical (unpaired) electrons. The van der Waals surface area contributed by atoms with E-state index in [4.69, 9.17) is 38.2 Å². The number of cyclic esters (lactones) is 1. The summed E-state index contributed by atoms with van der Waals surface area (Å²) in [7, 11) is 0.0486. The third-order valence-electron chi connectivity index (χ3n) is 15.4. The Morgan fingerprint density at radius 3 is 2.31 bits per heavy atom. The Labute approximate surface area is 448 Å². The van der Waals surface area contributed by atoms with Gasteiger partial charge in [0.2, 0.25) is 5.91 Å². The van der Waals surface area contributed by atoms with Gasteiger partial charge in [-0.1, -0.05) is 73.4 Å². The van der Waals surface area contributed by atoms with Crippen LogP contribution in [0.3, 0.4) is 0 Å². The molecule has 2 aromatic rings. The predicted molar refractivity (Wildman–Crippen MR) is 288 cm³/mol. The van der Waals surface area contributed by atoms with Gasteiger partial charge in [-0.3, -0.25) is 28.7 Å². The van der Waals surface area contributed by atoms with Gasteiger partial charge in [0, 0.05) is 47.2 Å². The number of aromatic nitrogens is 2. The molecule has 21 heteroatoms. The standard InChI is InChI=1S/C54H86FN6O12PS/c1-14-18-26-69-74(67,70-27-19-15-2)60-43-32-75-49(57-43)37-20-21-39(56-30-37)31-68-59-38-22-23-40-35(7)45(58-44(62)17-4)33(5)29-52(9,25-24-38)48(73-50-46(63)41(61(12)13)28-34(6)71-50)36(8)47(64)53(10,55)51(65)72-42(16-3)54(40,11)66/h20-21,30,32-36,40-42,46,48,50,63,66H,14-19,22-29,31H2,1-13H3,(H,60,67)/b58-45?,59-38+/t33-,34-,35-,36+,40-,41+,42-,46-,48-,50+,52-,53+,54+/m1/s1. The zero-order valence-electron chi connectivity index (χ0n) is 46.6. The molecule has 2 aromatic heterocycles. The zero-order valence-corrected chi connectivity index (χ0v) is 48.3. The number of anilines is 1. The minimum Gasteiger partial charge on any atom is -0.457 e. The number of esters is 1. The normalized spacial score (nSPS) is 33.7. The van der Waals surface area contributed by atoms with Gasteiger partial charge in [0.25, 0.3) is 5.67 Å². The van der Waals surface area contributed by atoms with Crippen LogP contribution in [0, 0.1) is 29.1 Å². The number of thiazole rings is 1. The number of pyridine rings is 1. The van der Waals surface area contributed by atoms with Crippen molar-refractivity contribution in [2.75, 3.05) is 32.4 Å². The van der Waals surface area contributed by atoms with Crippen LogP contribution in [0.2, 0.25) is 0 Å². The number of rotatable bonds is 19. The number of likely N-dealkylation sites (N-methyl/N-ethyl adjacent to an activating group) is 1. The monoisotopic (exact) mass is 1090 g/mol. The number of ketones is 1. The maximum atomic E-state index is 17.1. The molecular formula is C54H86FN6O12PS. The van der Waals surface area contributed by atoms with Gasteiger partial charge in [0.1, 0.15) is 28.6 Å². The number of nitrogens with one attached hydrogen (secondary N) is 1. The second kappa shape index (κ2) is 27.3. The molecule has 2 bridgehead atoms. The van der Waals surface area contributed by atoms with E-state index in [2.05, 4.69) is 15.1 Å². The lowest BCUT2D eigenvalue weighted by Gasteiger charge is -2.48. The summed E-state index contributed by atoms with van der Waals surface area (Å²) >= 11 is 1.35. The van der Waals surface area contributed by atoms with Crippen LogP contribution < -0.4 is 5.09 Å². The fraction of sp³-hybridized carbons (Fsp3) is 0.759.